The molecule has 1 amide bonds. The first-order valence-electron chi connectivity index (χ1n) is 7.29. The zero-order valence-corrected chi connectivity index (χ0v) is 14.7. The molecule has 0 aliphatic heterocycles. The molecule has 2 rings (SSSR count). The van der Waals surface area contributed by atoms with Crippen LogP contribution in [0.2, 0.25) is 0 Å². The average molecular weight is 322 g/mol. The molecule has 0 N–H and O–H groups in total. The molecule has 0 radical (unpaired) electrons. The molecule has 0 spiro atoms. The second-order valence-corrected chi connectivity index (χ2v) is 7.63. The molecule has 2 heterocycles. The van der Waals surface area contributed by atoms with Crippen LogP contribution in [0.4, 0.5) is 0 Å². The van der Waals surface area contributed by atoms with Gasteiger partial charge < -0.3 is 4.90 Å². The molecule has 0 atom stereocenters. The molecular weight excluding hydrogens is 300 g/mol. The number of hydrogen-bond donors (Lipinski definition) is 0. The third kappa shape index (κ3) is 4.14. The highest BCUT2D eigenvalue weighted by Crippen LogP contribution is 2.23. The van der Waals surface area contributed by atoms with Gasteiger partial charge in [-0.2, -0.15) is 0 Å². The van der Waals surface area contributed by atoms with Gasteiger partial charge in [0.25, 0.3) is 5.91 Å². The Morgan fingerprint density at radius 3 is 2.76 bits per heavy atom. The lowest BCUT2D eigenvalue weighted by atomic mass is 10.1. The Kier molecular flexibility index (Phi) is 5.53. The number of amides is 1. The van der Waals surface area contributed by atoms with E-state index in [9.17, 15) is 4.79 Å². The number of carbonyl (C=O) groups excluding carboxylic acids is 1. The average Bonchev–Trinajstić information content (AvgIpc) is 3.04. The standard InChI is InChI=1S/C16H22N2OS2/c1-5-18(10-13-7-6-8-20-13)16(19)15-12(4)17-14(21-15)9-11(2)3/h6-8,11H,5,9-10H2,1-4H3. The van der Waals surface area contributed by atoms with E-state index in [4.69, 9.17) is 0 Å². The van der Waals surface area contributed by atoms with Crippen LogP contribution in [-0.4, -0.2) is 22.3 Å². The molecule has 5 heteroatoms. The van der Waals surface area contributed by atoms with E-state index < -0.39 is 0 Å². The Morgan fingerprint density at radius 2 is 2.19 bits per heavy atom. The van der Waals surface area contributed by atoms with Crippen molar-refractivity contribution >= 4 is 28.6 Å². The van der Waals surface area contributed by atoms with Gasteiger partial charge in [0.05, 0.1) is 17.2 Å². The van der Waals surface area contributed by atoms with Gasteiger partial charge in [-0.05, 0) is 31.2 Å². The smallest absolute Gasteiger partial charge is 0.266 e. The maximum absolute atomic E-state index is 12.7. The fraction of sp³-hybridized carbons (Fsp3) is 0.500. The highest BCUT2D eigenvalue weighted by atomic mass is 32.1. The highest BCUT2D eigenvalue weighted by molar-refractivity contribution is 7.13. The maximum Gasteiger partial charge on any atom is 0.266 e. The van der Waals surface area contributed by atoms with Crippen molar-refractivity contribution in [2.75, 3.05) is 6.54 Å². The van der Waals surface area contributed by atoms with E-state index in [1.807, 2.05) is 30.2 Å². The SMILES string of the molecule is CCN(Cc1cccs1)C(=O)c1sc(CC(C)C)nc1C. The number of hydrogen-bond acceptors (Lipinski definition) is 4. The van der Waals surface area contributed by atoms with Crippen LogP contribution in [0.5, 0.6) is 0 Å². The first-order chi connectivity index (χ1) is 10.0. The molecule has 21 heavy (non-hydrogen) atoms. The number of aryl methyl sites for hydroxylation is 1. The van der Waals surface area contributed by atoms with Gasteiger partial charge in [0, 0.05) is 17.8 Å². The van der Waals surface area contributed by atoms with Crippen LogP contribution in [0.1, 0.15) is 46.0 Å². The van der Waals surface area contributed by atoms with E-state index >= 15 is 0 Å². The lowest BCUT2D eigenvalue weighted by Crippen LogP contribution is -2.29. The van der Waals surface area contributed by atoms with Crippen LogP contribution in [0.3, 0.4) is 0 Å². The van der Waals surface area contributed by atoms with Crippen molar-refractivity contribution in [3.8, 4) is 0 Å². The molecule has 0 bridgehead atoms. The minimum absolute atomic E-state index is 0.107. The Bertz CT molecular complexity index is 587. The van der Waals surface area contributed by atoms with Crippen molar-refractivity contribution < 1.29 is 4.79 Å². The minimum Gasteiger partial charge on any atom is -0.333 e. The van der Waals surface area contributed by atoms with Gasteiger partial charge in [0.2, 0.25) is 0 Å². The molecular formula is C16H22N2OS2. The molecule has 0 aliphatic carbocycles. The molecule has 0 aromatic carbocycles. The third-order valence-corrected chi connectivity index (χ3v) is 5.24. The first-order valence-corrected chi connectivity index (χ1v) is 8.98. The first kappa shape index (κ1) is 16.2. The summed E-state index contributed by atoms with van der Waals surface area (Å²) in [5, 5.41) is 3.12. The largest absolute Gasteiger partial charge is 0.333 e. The predicted octanol–water partition coefficient (Wildman–Crippen LogP) is 4.37. The summed E-state index contributed by atoms with van der Waals surface area (Å²) in [4.78, 5) is 21.2. The number of rotatable bonds is 6. The Labute approximate surface area is 134 Å². The summed E-state index contributed by atoms with van der Waals surface area (Å²) in [5.74, 6) is 0.669. The molecule has 2 aromatic rings. The molecule has 0 fully saturated rings. The van der Waals surface area contributed by atoms with Gasteiger partial charge in [-0.25, -0.2) is 4.98 Å². The maximum atomic E-state index is 12.7. The lowest BCUT2D eigenvalue weighted by molar-refractivity contribution is 0.0758. The van der Waals surface area contributed by atoms with Crippen LogP contribution in [0.15, 0.2) is 17.5 Å². The Morgan fingerprint density at radius 1 is 1.43 bits per heavy atom. The van der Waals surface area contributed by atoms with Gasteiger partial charge >= 0.3 is 0 Å². The fourth-order valence-corrected chi connectivity index (χ4v) is 4.11. The molecule has 0 saturated heterocycles. The normalized spacial score (nSPS) is 11.1. The topological polar surface area (TPSA) is 33.2 Å². The number of thiophene rings is 1. The fourth-order valence-electron chi connectivity index (χ4n) is 2.15. The molecule has 0 saturated carbocycles. The van der Waals surface area contributed by atoms with Crippen LogP contribution < -0.4 is 0 Å². The van der Waals surface area contributed by atoms with E-state index in [0.29, 0.717) is 19.0 Å². The zero-order chi connectivity index (χ0) is 15.4. The number of aromatic nitrogens is 1. The van der Waals surface area contributed by atoms with Gasteiger partial charge in [-0.3, -0.25) is 4.79 Å². The summed E-state index contributed by atoms with van der Waals surface area (Å²) in [5.41, 5.74) is 0.866. The summed E-state index contributed by atoms with van der Waals surface area (Å²) in [7, 11) is 0. The van der Waals surface area contributed by atoms with Crippen LogP contribution in [0, 0.1) is 12.8 Å². The molecule has 0 aliphatic rings. The predicted molar refractivity (Wildman–Crippen MR) is 90.1 cm³/mol. The van der Waals surface area contributed by atoms with Crippen molar-refractivity contribution in [3.63, 3.8) is 0 Å². The van der Waals surface area contributed by atoms with Crippen molar-refractivity contribution in [2.45, 2.75) is 40.7 Å². The number of thiazole rings is 1. The van der Waals surface area contributed by atoms with Gasteiger partial charge in [-0.1, -0.05) is 19.9 Å². The van der Waals surface area contributed by atoms with E-state index in [0.717, 1.165) is 22.0 Å². The summed E-state index contributed by atoms with van der Waals surface area (Å²) >= 11 is 3.24. The second kappa shape index (κ2) is 7.18. The van der Waals surface area contributed by atoms with Crippen molar-refractivity contribution in [1.82, 2.24) is 9.88 Å². The monoisotopic (exact) mass is 322 g/mol. The van der Waals surface area contributed by atoms with Crippen LogP contribution >= 0.6 is 22.7 Å². The third-order valence-electron chi connectivity index (χ3n) is 3.21. The molecule has 2 aromatic heterocycles. The van der Waals surface area contributed by atoms with E-state index in [1.54, 1.807) is 22.7 Å². The number of nitrogens with zero attached hydrogens (tertiary/aromatic N) is 2. The molecule has 114 valence electrons. The highest BCUT2D eigenvalue weighted by Gasteiger charge is 2.21. The quantitative estimate of drug-likeness (QED) is 0.791. The van der Waals surface area contributed by atoms with Gasteiger partial charge in [0.15, 0.2) is 0 Å². The van der Waals surface area contributed by atoms with Crippen molar-refractivity contribution in [2.24, 2.45) is 5.92 Å². The van der Waals surface area contributed by atoms with Gasteiger partial charge in [0.1, 0.15) is 4.88 Å². The van der Waals surface area contributed by atoms with E-state index in [2.05, 4.69) is 24.9 Å². The van der Waals surface area contributed by atoms with E-state index in [1.165, 1.54) is 4.88 Å². The molecule has 0 unspecified atom stereocenters. The van der Waals surface area contributed by atoms with Crippen molar-refractivity contribution in [3.05, 3.63) is 38.0 Å². The lowest BCUT2D eigenvalue weighted by Gasteiger charge is -2.19. The zero-order valence-electron chi connectivity index (χ0n) is 13.0. The Balaban J connectivity index is 2.15. The minimum atomic E-state index is 0.107. The van der Waals surface area contributed by atoms with Gasteiger partial charge in [-0.15, -0.1) is 22.7 Å². The summed E-state index contributed by atoms with van der Waals surface area (Å²) in [6.07, 6.45) is 0.940. The number of carbonyl (C=O) groups is 1. The second-order valence-electron chi connectivity index (χ2n) is 5.52. The summed E-state index contributed by atoms with van der Waals surface area (Å²) in [6, 6.07) is 4.10. The van der Waals surface area contributed by atoms with Crippen LogP contribution in [0.25, 0.3) is 0 Å². The molecule has 3 nitrogen and oxygen atoms in total. The Hall–Kier alpha value is -1.20. The van der Waals surface area contributed by atoms with E-state index in [-0.39, 0.29) is 5.91 Å². The van der Waals surface area contributed by atoms with Crippen LogP contribution in [-0.2, 0) is 13.0 Å². The summed E-state index contributed by atoms with van der Waals surface area (Å²) in [6.45, 7) is 9.71. The van der Waals surface area contributed by atoms with Crippen molar-refractivity contribution in [1.29, 1.82) is 0 Å². The summed E-state index contributed by atoms with van der Waals surface area (Å²) < 4.78 is 0.